The van der Waals surface area contributed by atoms with Gasteiger partial charge in [-0.25, -0.2) is 0 Å². The van der Waals surface area contributed by atoms with Gasteiger partial charge in [0, 0.05) is 0 Å². The van der Waals surface area contributed by atoms with Crippen LogP contribution < -0.4 is 0 Å². The van der Waals surface area contributed by atoms with Gasteiger partial charge in [0.15, 0.2) is 0 Å². The van der Waals surface area contributed by atoms with Crippen LogP contribution in [-0.2, 0) is 0 Å². The van der Waals surface area contributed by atoms with Crippen LogP contribution in [0.2, 0.25) is 0 Å². The fourth-order valence-corrected chi connectivity index (χ4v) is 9.75. The highest BCUT2D eigenvalue weighted by atomic mass is 14.5. The topological polar surface area (TPSA) is 0 Å². The van der Waals surface area contributed by atoms with E-state index >= 15 is 0 Å². The molecule has 0 saturated heterocycles. The Kier molecular flexibility index (Phi) is 7.82. The third-order valence-corrected chi connectivity index (χ3v) is 11.2. The monoisotopic (exact) mass is 412 g/mol. The number of hydrogen-bond acceptors (Lipinski definition) is 0. The van der Waals surface area contributed by atoms with Crippen molar-refractivity contribution in [2.75, 3.05) is 0 Å². The van der Waals surface area contributed by atoms with E-state index in [4.69, 9.17) is 0 Å². The third kappa shape index (κ3) is 4.98. The van der Waals surface area contributed by atoms with Crippen LogP contribution in [0.3, 0.4) is 0 Å². The van der Waals surface area contributed by atoms with Gasteiger partial charge in [-0.15, -0.1) is 0 Å². The van der Waals surface area contributed by atoms with E-state index in [0.29, 0.717) is 0 Å². The summed E-state index contributed by atoms with van der Waals surface area (Å²) in [7, 11) is 0. The highest BCUT2D eigenvalue weighted by molar-refractivity contribution is 4.97. The van der Waals surface area contributed by atoms with Crippen molar-refractivity contribution in [3.05, 3.63) is 0 Å². The van der Waals surface area contributed by atoms with Crippen molar-refractivity contribution < 1.29 is 0 Å². The predicted molar refractivity (Wildman–Crippen MR) is 129 cm³/mol. The average Bonchev–Trinajstić information content (AvgIpc) is 2.85. The summed E-state index contributed by atoms with van der Waals surface area (Å²) in [5, 5.41) is 0. The van der Waals surface area contributed by atoms with Crippen LogP contribution in [0.25, 0.3) is 0 Å². The summed E-state index contributed by atoms with van der Waals surface area (Å²) < 4.78 is 0. The lowest BCUT2D eigenvalue weighted by Crippen LogP contribution is -2.45. The standard InChI is InChI=1S/C30H52/c1-5-13-23(14-6-1)27-21-29(25-17-9-3-10-18-25)30(26-19-11-4-12-20-26)22-28(27)24-15-7-2-8-16-24/h23-30H,1-22H2/t27-,28+,29+,30-. The van der Waals surface area contributed by atoms with Gasteiger partial charge in [-0.05, 0) is 60.2 Å². The summed E-state index contributed by atoms with van der Waals surface area (Å²) in [6.07, 6.45) is 34.7. The average molecular weight is 413 g/mol. The van der Waals surface area contributed by atoms with Gasteiger partial charge < -0.3 is 0 Å². The maximum atomic E-state index is 1.68. The molecule has 0 radical (unpaired) electrons. The molecule has 0 N–H and O–H groups in total. The summed E-state index contributed by atoms with van der Waals surface area (Å²) in [5.41, 5.74) is 0. The van der Waals surface area contributed by atoms with Gasteiger partial charge >= 0.3 is 0 Å². The predicted octanol–water partition coefficient (Wildman–Crippen LogP) is 9.57. The molecule has 0 aromatic heterocycles. The Hall–Kier alpha value is 0. The molecule has 5 saturated carbocycles. The van der Waals surface area contributed by atoms with Crippen molar-refractivity contribution in [2.24, 2.45) is 47.3 Å². The summed E-state index contributed by atoms with van der Waals surface area (Å²) in [4.78, 5) is 0. The summed E-state index contributed by atoms with van der Waals surface area (Å²) in [5.74, 6) is 8.96. The molecule has 0 aromatic carbocycles. The van der Waals surface area contributed by atoms with Crippen molar-refractivity contribution in [3.8, 4) is 0 Å². The zero-order chi connectivity index (χ0) is 20.2. The van der Waals surface area contributed by atoms with Crippen LogP contribution in [0.5, 0.6) is 0 Å². The van der Waals surface area contributed by atoms with E-state index in [1.54, 1.807) is 116 Å². The largest absolute Gasteiger partial charge is 0.0533 e. The normalized spacial score (nSPS) is 39.2. The smallest absolute Gasteiger partial charge is 0.0352 e. The highest BCUT2D eigenvalue weighted by Gasteiger charge is 2.47. The molecule has 0 unspecified atom stereocenters. The molecule has 5 fully saturated rings. The van der Waals surface area contributed by atoms with Gasteiger partial charge in [0.2, 0.25) is 0 Å². The lowest BCUT2D eigenvalue weighted by Gasteiger charge is -2.53. The molecule has 0 bridgehead atoms. The molecular formula is C30H52. The van der Waals surface area contributed by atoms with Crippen LogP contribution in [0.1, 0.15) is 141 Å². The summed E-state index contributed by atoms with van der Waals surface area (Å²) in [6, 6.07) is 0. The molecule has 0 aromatic rings. The molecule has 0 amide bonds. The molecule has 0 nitrogen and oxygen atoms in total. The first-order valence-electron chi connectivity index (χ1n) is 14.9. The number of hydrogen-bond donors (Lipinski definition) is 0. The first kappa shape index (κ1) is 21.8. The zero-order valence-electron chi connectivity index (χ0n) is 20.2. The first-order valence-corrected chi connectivity index (χ1v) is 14.9. The molecule has 5 aliphatic rings. The Morgan fingerprint density at radius 2 is 0.433 bits per heavy atom. The van der Waals surface area contributed by atoms with Gasteiger partial charge in [0.05, 0.1) is 0 Å². The van der Waals surface area contributed by atoms with Crippen LogP contribution in [0, 0.1) is 47.3 Å². The lowest BCUT2D eigenvalue weighted by atomic mass is 9.52. The molecule has 0 spiro atoms. The van der Waals surface area contributed by atoms with Gasteiger partial charge in [-0.1, -0.05) is 128 Å². The second-order valence-electron chi connectivity index (χ2n) is 12.7. The minimum Gasteiger partial charge on any atom is -0.0533 e. The molecular weight excluding hydrogens is 360 g/mol. The Morgan fingerprint density at radius 3 is 0.633 bits per heavy atom. The van der Waals surface area contributed by atoms with Crippen LogP contribution in [0.4, 0.5) is 0 Å². The van der Waals surface area contributed by atoms with Crippen LogP contribution >= 0.6 is 0 Å². The van der Waals surface area contributed by atoms with E-state index in [2.05, 4.69) is 0 Å². The van der Waals surface area contributed by atoms with Crippen molar-refractivity contribution in [3.63, 3.8) is 0 Å². The summed E-state index contributed by atoms with van der Waals surface area (Å²) in [6.45, 7) is 0. The molecule has 5 aliphatic carbocycles. The molecule has 5 rings (SSSR count). The Bertz CT molecular complexity index is 394. The maximum Gasteiger partial charge on any atom is -0.0352 e. The van der Waals surface area contributed by atoms with Crippen molar-refractivity contribution in [1.82, 2.24) is 0 Å². The number of rotatable bonds is 4. The Morgan fingerprint density at radius 1 is 0.233 bits per heavy atom. The van der Waals surface area contributed by atoms with Crippen LogP contribution in [0.15, 0.2) is 0 Å². The molecule has 0 aliphatic heterocycles. The molecule has 30 heavy (non-hydrogen) atoms. The zero-order valence-corrected chi connectivity index (χ0v) is 20.2. The lowest BCUT2D eigenvalue weighted by molar-refractivity contribution is -0.0378. The van der Waals surface area contributed by atoms with Gasteiger partial charge in [0.25, 0.3) is 0 Å². The quantitative estimate of drug-likeness (QED) is 0.431. The van der Waals surface area contributed by atoms with Crippen molar-refractivity contribution in [1.29, 1.82) is 0 Å². The first-order chi connectivity index (χ1) is 14.9. The van der Waals surface area contributed by atoms with Crippen LogP contribution in [-0.4, -0.2) is 0 Å². The summed E-state index contributed by atoms with van der Waals surface area (Å²) >= 11 is 0. The second kappa shape index (κ2) is 10.7. The van der Waals surface area contributed by atoms with Gasteiger partial charge in [-0.2, -0.15) is 0 Å². The molecule has 4 atom stereocenters. The van der Waals surface area contributed by atoms with E-state index in [1.165, 1.54) is 25.7 Å². The van der Waals surface area contributed by atoms with E-state index in [0.717, 1.165) is 47.3 Å². The minimum atomic E-state index is 1.11. The van der Waals surface area contributed by atoms with E-state index in [1.807, 2.05) is 0 Å². The Labute approximate surface area is 188 Å². The fraction of sp³-hybridized carbons (Fsp3) is 1.00. The maximum absolute atomic E-state index is 1.68. The van der Waals surface area contributed by atoms with E-state index < -0.39 is 0 Å². The minimum absolute atomic E-state index is 1.11. The van der Waals surface area contributed by atoms with Gasteiger partial charge in [-0.3, -0.25) is 0 Å². The molecule has 172 valence electrons. The molecule has 0 heteroatoms. The second-order valence-corrected chi connectivity index (χ2v) is 12.7. The van der Waals surface area contributed by atoms with Crippen molar-refractivity contribution in [2.45, 2.75) is 141 Å². The molecule has 0 heterocycles. The third-order valence-electron chi connectivity index (χ3n) is 11.2. The van der Waals surface area contributed by atoms with Gasteiger partial charge in [0.1, 0.15) is 0 Å². The highest BCUT2D eigenvalue weighted by Crippen LogP contribution is 2.56. The van der Waals surface area contributed by atoms with Crippen molar-refractivity contribution >= 4 is 0 Å². The van der Waals surface area contributed by atoms with E-state index in [9.17, 15) is 0 Å². The Balaban J connectivity index is 1.39. The van der Waals surface area contributed by atoms with E-state index in [-0.39, 0.29) is 0 Å². The fourth-order valence-electron chi connectivity index (χ4n) is 9.75. The SMILES string of the molecule is C1CCC([C@H]2C[C@@H](C3CCCCC3)[C@@H](C3CCCCC3)C[C@H]2C2CCCCC2)CC1.